The SMILES string of the molecule is CCC(C)C(C(=O)NC(C)CC(=O)O)c1ccccc1. The van der Waals surface area contributed by atoms with E-state index in [1.54, 1.807) is 6.92 Å². The summed E-state index contributed by atoms with van der Waals surface area (Å²) < 4.78 is 0. The van der Waals surface area contributed by atoms with E-state index in [1.807, 2.05) is 37.3 Å². The zero-order chi connectivity index (χ0) is 15.1. The van der Waals surface area contributed by atoms with Gasteiger partial charge in [0, 0.05) is 6.04 Å². The van der Waals surface area contributed by atoms with Gasteiger partial charge in [0.05, 0.1) is 12.3 Å². The molecular weight excluding hydrogens is 254 g/mol. The summed E-state index contributed by atoms with van der Waals surface area (Å²) in [6.07, 6.45) is 0.827. The van der Waals surface area contributed by atoms with Crippen molar-refractivity contribution >= 4 is 11.9 Å². The number of hydrogen-bond donors (Lipinski definition) is 2. The van der Waals surface area contributed by atoms with Crippen LogP contribution in [0.3, 0.4) is 0 Å². The predicted octanol–water partition coefficient (Wildman–Crippen LogP) is 2.80. The van der Waals surface area contributed by atoms with E-state index in [0.29, 0.717) is 0 Å². The maximum Gasteiger partial charge on any atom is 0.305 e. The molecule has 20 heavy (non-hydrogen) atoms. The summed E-state index contributed by atoms with van der Waals surface area (Å²) in [5.74, 6) is -1.04. The van der Waals surface area contributed by atoms with Crippen molar-refractivity contribution < 1.29 is 14.7 Å². The van der Waals surface area contributed by atoms with Crippen molar-refractivity contribution in [2.75, 3.05) is 0 Å². The number of amides is 1. The van der Waals surface area contributed by atoms with Crippen LogP contribution in [0, 0.1) is 5.92 Å². The van der Waals surface area contributed by atoms with Crippen LogP contribution in [0.5, 0.6) is 0 Å². The van der Waals surface area contributed by atoms with E-state index in [9.17, 15) is 9.59 Å². The highest BCUT2D eigenvalue weighted by Crippen LogP contribution is 2.27. The molecule has 0 spiro atoms. The number of aliphatic carboxylic acids is 1. The number of nitrogens with one attached hydrogen (secondary N) is 1. The Morgan fingerprint density at radius 1 is 1.20 bits per heavy atom. The van der Waals surface area contributed by atoms with Gasteiger partial charge < -0.3 is 10.4 Å². The molecule has 2 N–H and O–H groups in total. The Morgan fingerprint density at radius 3 is 2.30 bits per heavy atom. The van der Waals surface area contributed by atoms with Gasteiger partial charge >= 0.3 is 5.97 Å². The molecule has 3 atom stereocenters. The van der Waals surface area contributed by atoms with Crippen molar-refractivity contribution in [3.63, 3.8) is 0 Å². The highest BCUT2D eigenvalue weighted by molar-refractivity contribution is 5.84. The van der Waals surface area contributed by atoms with Crippen LogP contribution in [0.4, 0.5) is 0 Å². The van der Waals surface area contributed by atoms with Crippen LogP contribution in [0.1, 0.15) is 45.1 Å². The molecule has 0 saturated carbocycles. The van der Waals surface area contributed by atoms with Crippen molar-refractivity contribution in [2.45, 2.75) is 45.6 Å². The van der Waals surface area contributed by atoms with E-state index in [1.165, 1.54) is 0 Å². The number of carboxylic acids is 1. The molecule has 0 heterocycles. The van der Waals surface area contributed by atoms with Crippen LogP contribution in [-0.4, -0.2) is 23.0 Å². The highest BCUT2D eigenvalue weighted by atomic mass is 16.4. The Morgan fingerprint density at radius 2 is 1.80 bits per heavy atom. The molecular formula is C16H23NO3. The third kappa shape index (κ3) is 4.68. The number of carbonyl (C=O) groups excluding carboxylic acids is 1. The van der Waals surface area contributed by atoms with Gasteiger partial charge in [-0.25, -0.2) is 0 Å². The van der Waals surface area contributed by atoms with E-state index < -0.39 is 5.97 Å². The van der Waals surface area contributed by atoms with Crippen LogP contribution in [0.15, 0.2) is 30.3 Å². The van der Waals surface area contributed by atoms with Gasteiger partial charge in [0.2, 0.25) is 5.91 Å². The van der Waals surface area contributed by atoms with Crippen molar-refractivity contribution in [1.29, 1.82) is 0 Å². The predicted molar refractivity (Wildman–Crippen MR) is 78.5 cm³/mol. The first-order valence-corrected chi connectivity index (χ1v) is 7.02. The Labute approximate surface area is 120 Å². The van der Waals surface area contributed by atoms with Crippen LogP contribution in [0.2, 0.25) is 0 Å². The molecule has 1 amide bonds. The molecule has 0 radical (unpaired) electrons. The maximum atomic E-state index is 12.4. The minimum absolute atomic E-state index is 0.0618. The fourth-order valence-corrected chi connectivity index (χ4v) is 2.28. The number of carboxylic acid groups (broad SMARTS) is 1. The van der Waals surface area contributed by atoms with Crippen molar-refractivity contribution in [2.24, 2.45) is 5.92 Å². The van der Waals surface area contributed by atoms with Gasteiger partial charge in [-0.2, -0.15) is 0 Å². The Balaban J connectivity index is 2.84. The average molecular weight is 277 g/mol. The van der Waals surface area contributed by atoms with Crippen LogP contribution >= 0.6 is 0 Å². The summed E-state index contributed by atoms with van der Waals surface area (Å²) in [6, 6.07) is 9.27. The molecule has 0 fully saturated rings. The van der Waals surface area contributed by atoms with Gasteiger partial charge in [-0.1, -0.05) is 50.6 Å². The first-order chi connectivity index (χ1) is 9.45. The van der Waals surface area contributed by atoms with E-state index in [0.717, 1.165) is 12.0 Å². The molecule has 4 heteroatoms. The molecule has 0 aliphatic heterocycles. The smallest absolute Gasteiger partial charge is 0.305 e. The number of carbonyl (C=O) groups is 2. The number of benzene rings is 1. The molecule has 0 aliphatic carbocycles. The van der Waals surface area contributed by atoms with E-state index >= 15 is 0 Å². The monoisotopic (exact) mass is 277 g/mol. The molecule has 0 bridgehead atoms. The average Bonchev–Trinajstić information content (AvgIpc) is 2.38. The quantitative estimate of drug-likeness (QED) is 0.805. The van der Waals surface area contributed by atoms with Crippen molar-refractivity contribution in [1.82, 2.24) is 5.32 Å². The van der Waals surface area contributed by atoms with E-state index in [-0.39, 0.29) is 30.2 Å². The summed E-state index contributed by atoms with van der Waals surface area (Å²) >= 11 is 0. The zero-order valence-electron chi connectivity index (χ0n) is 12.3. The first-order valence-electron chi connectivity index (χ1n) is 7.02. The van der Waals surface area contributed by atoms with Crippen LogP contribution < -0.4 is 5.32 Å². The van der Waals surface area contributed by atoms with E-state index in [4.69, 9.17) is 5.11 Å². The summed E-state index contributed by atoms with van der Waals surface area (Å²) in [4.78, 5) is 23.1. The minimum Gasteiger partial charge on any atom is -0.481 e. The fourth-order valence-electron chi connectivity index (χ4n) is 2.28. The largest absolute Gasteiger partial charge is 0.481 e. The molecule has 110 valence electrons. The fraction of sp³-hybridized carbons (Fsp3) is 0.500. The number of hydrogen-bond acceptors (Lipinski definition) is 2. The third-order valence-electron chi connectivity index (χ3n) is 3.52. The highest BCUT2D eigenvalue weighted by Gasteiger charge is 2.26. The van der Waals surface area contributed by atoms with Crippen molar-refractivity contribution in [3.05, 3.63) is 35.9 Å². The van der Waals surface area contributed by atoms with Gasteiger partial charge in [0.25, 0.3) is 0 Å². The maximum absolute atomic E-state index is 12.4. The molecule has 1 aromatic carbocycles. The van der Waals surface area contributed by atoms with Gasteiger partial charge in [-0.3, -0.25) is 9.59 Å². The lowest BCUT2D eigenvalue weighted by atomic mass is 9.84. The second-order valence-electron chi connectivity index (χ2n) is 5.28. The van der Waals surface area contributed by atoms with Gasteiger partial charge in [0.1, 0.15) is 0 Å². The number of rotatable bonds is 7. The van der Waals surface area contributed by atoms with Gasteiger partial charge in [-0.15, -0.1) is 0 Å². The molecule has 3 unspecified atom stereocenters. The Hall–Kier alpha value is -1.84. The van der Waals surface area contributed by atoms with Crippen LogP contribution in [0.25, 0.3) is 0 Å². The third-order valence-corrected chi connectivity index (χ3v) is 3.52. The lowest BCUT2D eigenvalue weighted by Gasteiger charge is -2.24. The minimum atomic E-state index is -0.905. The summed E-state index contributed by atoms with van der Waals surface area (Å²) in [5, 5.41) is 11.6. The molecule has 4 nitrogen and oxygen atoms in total. The summed E-state index contributed by atoms with van der Waals surface area (Å²) in [5.41, 5.74) is 0.974. The zero-order valence-corrected chi connectivity index (χ0v) is 12.3. The first kappa shape index (κ1) is 16.2. The Bertz CT molecular complexity index is 444. The van der Waals surface area contributed by atoms with Crippen LogP contribution in [-0.2, 0) is 9.59 Å². The Kier molecular flexibility index (Phi) is 6.22. The lowest BCUT2D eigenvalue weighted by molar-refractivity contribution is -0.137. The second kappa shape index (κ2) is 7.68. The van der Waals surface area contributed by atoms with Gasteiger partial charge in [0.15, 0.2) is 0 Å². The van der Waals surface area contributed by atoms with Gasteiger partial charge in [-0.05, 0) is 18.4 Å². The van der Waals surface area contributed by atoms with E-state index in [2.05, 4.69) is 12.2 Å². The summed E-state index contributed by atoms with van der Waals surface area (Å²) in [6.45, 7) is 5.80. The normalized spacial score (nSPS) is 15.2. The second-order valence-corrected chi connectivity index (χ2v) is 5.28. The standard InChI is InChI=1S/C16H23NO3/c1-4-11(2)15(13-8-6-5-7-9-13)16(20)17-12(3)10-14(18)19/h5-9,11-12,15H,4,10H2,1-3H3,(H,17,20)(H,18,19). The molecule has 0 aliphatic rings. The topological polar surface area (TPSA) is 66.4 Å². The molecule has 1 aromatic rings. The molecule has 0 aromatic heterocycles. The lowest BCUT2D eigenvalue weighted by Crippen LogP contribution is -2.39. The van der Waals surface area contributed by atoms with Crippen molar-refractivity contribution in [3.8, 4) is 0 Å². The molecule has 0 saturated heterocycles. The molecule has 1 rings (SSSR count). The summed E-state index contributed by atoms with van der Waals surface area (Å²) in [7, 11) is 0.